The standard InChI is InChI=1S/C17H28O3/c1-3-5-6-7-8-9-11-14(4-2)20-16-13-10-12-15(18)17(16)19/h10,12-14,18-19H,3-9,11H2,1-2H3. The second-order valence-electron chi connectivity index (χ2n) is 5.33. The van der Waals surface area contributed by atoms with E-state index in [-0.39, 0.29) is 17.6 Å². The second-order valence-corrected chi connectivity index (χ2v) is 5.33. The molecular formula is C17H28O3. The van der Waals surface area contributed by atoms with Gasteiger partial charge in [-0.2, -0.15) is 0 Å². The number of ether oxygens (including phenoxy) is 1. The third kappa shape index (κ3) is 5.72. The lowest BCUT2D eigenvalue weighted by Gasteiger charge is -2.18. The van der Waals surface area contributed by atoms with E-state index in [0.717, 1.165) is 19.3 Å². The summed E-state index contributed by atoms with van der Waals surface area (Å²) >= 11 is 0. The summed E-state index contributed by atoms with van der Waals surface area (Å²) < 4.78 is 5.79. The van der Waals surface area contributed by atoms with E-state index in [4.69, 9.17) is 4.74 Å². The van der Waals surface area contributed by atoms with Crippen molar-refractivity contribution in [3.63, 3.8) is 0 Å². The third-order valence-corrected chi connectivity index (χ3v) is 3.61. The van der Waals surface area contributed by atoms with Crippen molar-refractivity contribution in [2.75, 3.05) is 0 Å². The fraction of sp³-hybridized carbons (Fsp3) is 0.647. The molecule has 0 heterocycles. The molecule has 0 spiro atoms. The van der Waals surface area contributed by atoms with Crippen LogP contribution in [0.3, 0.4) is 0 Å². The van der Waals surface area contributed by atoms with Crippen molar-refractivity contribution >= 4 is 0 Å². The zero-order valence-corrected chi connectivity index (χ0v) is 12.8. The maximum Gasteiger partial charge on any atom is 0.200 e. The van der Waals surface area contributed by atoms with Gasteiger partial charge in [0.1, 0.15) is 0 Å². The second kappa shape index (κ2) is 9.51. The molecule has 1 unspecified atom stereocenters. The number of hydrogen-bond acceptors (Lipinski definition) is 3. The van der Waals surface area contributed by atoms with Crippen molar-refractivity contribution in [2.45, 2.75) is 71.3 Å². The quantitative estimate of drug-likeness (QED) is 0.468. The lowest BCUT2D eigenvalue weighted by molar-refractivity contribution is 0.174. The van der Waals surface area contributed by atoms with Crippen LogP contribution in [0, 0.1) is 0 Å². The Morgan fingerprint density at radius 2 is 1.70 bits per heavy atom. The number of phenolic OH excluding ortho intramolecular Hbond substituents is 2. The maximum absolute atomic E-state index is 9.74. The zero-order chi connectivity index (χ0) is 14.8. The van der Waals surface area contributed by atoms with Crippen LogP contribution in [0.5, 0.6) is 17.2 Å². The molecule has 114 valence electrons. The highest BCUT2D eigenvalue weighted by Gasteiger charge is 2.12. The average molecular weight is 280 g/mol. The predicted octanol–water partition coefficient (Wildman–Crippen LogP) is 5.01. The van der Waals surface area contributed by atoms with Gasteiger partial charge in [-0.05, 0) is 31.4 Å². The summed E-state index contributed by atoms with van der Waals surface area (Å²) in [6, 6.07) is 4.83. The van der Waals surface area contributed by atoms with E-state index >= 15 is 0 Å². The molecule has 0 aliphatic carbocycles. The summed E-state index contributed by atoms with van der Waals surface area (Å²) in [6.45, 7) is 4.31. The number of hydrogen-bond donors (Lipinski definition) is 2. The Labute approximate surface area is 122 Å². The Morgan fingerprint density at radius 1 is 1.00 bits per heavy atom. The van der Waals surface area contributed by atoms with Crippen LogP contribution in [-0.2, 0) is 0 Å². The van der Waals surface area contributed by atoms with Crippen LogP contribution in [0.1, 0.15) is 65.2 Å². The highest BCUT2D eigenvalue weighted by Crippen LogP contribution is 2.35. The Hall–Kier alpha value is -1.38. The monoisotopic (exact) mass is 280 g/mol. The molecule has 1 atom stereocenters. The van der Waals surface area contributed by atoms with E-state index in [1.54, 1.807) is 12.1 Å². The van der Waals surface area contributed by atoms with Gasteiger partial charge in [0.15, 0.2) is 11.5 Å². The van der Waals surface area contributed by atoms with Crippen molar-refractivity contribution in [3.8, 4) is 17.2 Å². The normalized spacial score (nSPS) is 12.3. The van der Waals surface area contributed by atoms with E-state index in [2.05, 4.69) is 13.8 Å². The Kier molecular flexibility index (Phi) is 7.93. The van der Waals surface area contributed by atoms with Crippen molar-refractivity contribution in [1.82, 2.24) is 0 Å². The number of aromatic hydroxyl groups is 2. The van der Waals surface area contributed by atoms with Gasteiger partial charge < -0.3 is 14.9 Å². The van der Waals surface area contributed by atoms with Crippen LogP contribution in [0.25, 0.3) is 0 Å². The maximum atomic E-state index is 9.74. The topological polar surface area (TPSA) is 49.7 Å². The van der Waals surface area contributed by atoms with Gasteiger partial charge >= 0.3 is 0 Å². The smallest absolute Gasteiger partial charge is 0.200 e. The molecule has 3 nitrogen and oxygen atoms in total. The van der Waals surface area contributed by atoms with Crippen molar-refractivity contribution < 1.29 is 14.9 Å². The third-order valence-electron chi connectivity index (χ3n) is 3.61. The molecule has 1 aromatic carbocycles. The minimum atomic E-state index is -0.158. The largest absolute Gasteiger partial charge is 0.504 e. The van der Waals surface area contributed by atoms with Crippen molar-refractivity contribution in [3.05, 3.63) is 18.2 Å². The van der Waals surface area contributed by atoms with Crippen LogP contribution < -0.4 is 4.74 Å². The minimum absolute atomic E-state index is 0.105. The van der Waals surface area contributed by atoms with Gasteiger partial charge in [0, 0.05) is 0 Å². The molecule has 1 rings (SSSR count). The zero-order valence-electron chi connectivity index (χ0n) is 12.8. The van der Waals surface area contributed by atoms with Gasteiger partial charge in [-0.1, -0.05) is 52.0 Å². The highest BCUT2D eigenvalue weighted by molar-refractivity contribution is 5.48. The first-order valence-electron chi connectivity index (χ1n) is 7.86. The van der Waals surface area contributed by atoms with Crippen molar-refractivity contribution in [2.24, 2.45) is 0 Å². The summed E-state index contributed by atoms with van der Waals surface area (Å²) in [5.41, 5.74) is 0. The predicted molar refractivity (Wildman–Crippen MR) is 82.5 cm³/mol. The fourth-order valence-electron chi connectivity index (χ4n) is 2.28. The van der Waals surface area contributed by atoms with E-state index in [1.165, 1.54) is 38.2 Å². The molecular weight excluding hydrogens is 252 g/mol. The molecule has 2 N–H and O–H groups in total. The Morgan fingerprint density at radius 3 is 2.40 bits per heavy atom. The van der Waals surface area contributed by atoms with Gasteiger partial charge in [-0.15, -0.1) is 0 Å². The van der Waals surface area contributed by atoms with Gasteiger partial charge in [-0.25, -0.2) is 0 Å². The first-order valence-corrected chi connectivity index (χ1v) is 7.86. The van der Waals surface area contributed by atoms with Gasteiger partial charge in [0.25, 0.3) is 0 Å². The molecule has 0 radical (unpaired) electrons. The van der Waals surface area contributed by atoms with E-state index in [0.29, 0.717) is 5.75 Å². The van der Waals surface area contributed by atoms with Crippen LogP contribution >= 0.6 is 0 Å². The van der Waals surface area contributed by atoms with Gasteiger partial charge in [-0.3, -0.25) is 0 Å². The Bertz CT molecular complexity index is 376. The summed E-state index contributed by atoms with van der Waals surface area (Å²) in [6.07, 6.45) is 9.62. The van der Waals surface area contributed by atoms with Crippen molar-refractivity contribution in [1.29, 1.82) is 0 Å². The van der Waals surface area contributed by atoms with Crippen LogP contribution in [0.15, 0.2) is 18.2 Å². The number of phenols is 2. The fourth-order valence-corrected chi connectivity index (χ4v) is 2.28. The van der Waals surface area contributed by atoms with Gasteiger partial charge in [0.2, 0.25) is 5.75 Å². The SMILES string of the molecule is CCCCCCCCC(CC)Oc1cccc(O)c1O. The molecule has 0 saturated carbocycles. The first-order chi connectivity index (χ1) is 9.69. The number of unbranched alkanes of at least 4 members (excludes halogenated alkanes) is 5. The van der Waals surface area contributed by atoms with Crippen LogP contribution in [-0.4, -0.2) is 16.3 Å². The molecule has 0 aromatic heterocycles. The van der Waals surface area contributed by atoms with E-state index in [1.807, 2.05) is 0 Å². The first kappa shape index (κ1) is 16.7. The van der Waals surface area contributed by atoms with Crippen LogP contribution in [0.4, 0.5) is 0 Å². The van der Waals surface area contributed by atoms with Gasteiger partial charge in [0.05, 0.1) is 6.10 Å². The lowest BCUT2D eigenvalue weighted by Crippen LogP contribution is -2.15. The summed E-state index contributed by atoms with van der Waals surface area (Å²) in [7, 11) is 0. The number of benzene rings is 1. The molecule has 0 bridgehead atoms. The molecule has 0 aliphatic heterocycles. The molecule has 0 amide bonds. The summed E-state index contributed by atoms with van der Waals surface area (Å²) in [5.74, 6) is 0.0913. The highest BCUT2D eigenvalue weighted by atomic mass is 16.5. The molecule has 0 aliphatic rings. The lowest BCUT2D eigenvalue weighted by atomic mass is 10.1. The number of rotatable bonds is 10. The summed E-state index contributed by atoms with van der Waals surface area (Å²) in [4.78, 5) is 0. The minimum Gasteiger partial charge on any atom is -0.504 e. The van der Waals surface area contributed by atoms with Crippen LogP contribution in [0.2, 0.25) is 0 Å². The van der Waals surface area contributed by atoms with E-state index < -0.39 is 0 Å². The number of para-hydroxylation sites is 1. The molecule has 20 heavy (non-hydrogen) atoms. The van der Waals surface area contributed by atoms with E-state index in [9.17, 15) is 10.2 Å². The molecule has 0 fully saturated rings. The Balaban J connectivity index is 2.34. The molecule has 1 aromatic rings. The molecule has 0 saturated heterocycles. The molecule has 3 heteroatoms. The summed E-state index contributed by atoms with van der Waals surface area (Å²) in [5, 5.41) is 19.2. The average Bonchev–Trinajstić information content (AvgIpc) is 2.46.